The van der Waals surface area contributed by atoms with Crippen LogP contribution in [0, 0.1) is 10.1 Å². The number of nitro benzene ring substituents is 1. The fourth-order valence-corrected chi connectivity index (χ4v) is 2.77. The van der Waals surface area contributed by atoms with E-state index in [2.05, 4.69) is 5.32 Å². The van der Waals surface area contributed by atoms with Gasteiger partial charge in [0, 0.05) is 34.3 Å². The molecule has 120 valence electrons. The van der Waals surface area contributed by atoms with Crippen molar-refractivity contribution in [2.24, 2.45) is 0 Å². The Morgan fingerprint density at radius 2 is 1.78 bits per heavy atom. The lowest BCUT2D eigenvalue weighted by Gasteiger charge is -2.05. The highest BCUT2D eigenvalue weighted by molar-refractivity contribution is 7.99. The molecule has 0 aliphatic rings. The number of hydrogen-bond donors (Lipinski definition) is 1. The molecule has 0 atom stereocenters. The number of rotatable bonds is 7. The highest BCUT2D eigenvalue weighted by Crippen LogP contribution is 2.19. The molecule has 0 saturated carbocycles. The van der Waals surface area contributed by atoms with E-state index in [9.17, 15) is 14.9 Å². The molecule has 0 spiro atoms. The van der Waals surface area contributed by atoms with Crippen molar-refractivity contribution in [3.05, 3.63) is 69.2 Å². The van der Waals surface area contributed by atoms with Gasteiger partial charge in [0.1, 0.15) is 0 Å². The number of carbonyl (C=O) groups excluding carboxylic acids is 1. The van der Waals surface area contributed by atoms with Gasteiger partial charge in [-0.3, -0.25) is 14.9 Å². The maximum Gasteiger partial charge on any atom is 0.269 e. The molecule has 2 aromatic carbocycles. The average Bonchev–Trinajstić information content (AvgIpc) is 2.54. The van der Waals surface area contributed by atoms with Crippen LogP contribution in [0.15, 0.2) is 53.4 Å². The van der Waals surface area contributed by atoms with E-state index in [1.54, 1.807) is 23.9 Å². The summed E-state index contributed by atoms with van der Waals surface area (Å²) in [7, 11) is 0. The molecule has 0 fully saturated rings. The third-order valence-corrected chi connectivity index (χ3v) is 4.28. The summed E-state index contributed by atoms with van der Waals surface area (Å²) in [6, 6.07) is 13.5. The van der Waals surface area contributed by atoms with Crippen molar-refractivity contribution in [1.82, 2.24) is 5.32 Å². The number of benzene rings is 2. The van der Waals surface area contributed by atoms with Crippen LogP contribution in [-0.2, 0) is 11.2 Å². The summed E-state index contributed by atoms with van der Waals surface area (Å²) in [6.07, 6.45) is 0.212. The van der Waals surface area contributed by atoms with Crippen LogP contribution in [0.2, 0.25) is 5.02 Å². The average molecular weight is 351 g/mol. The summed E-state index contributed by atoms with van der Waals surface area (Å²) >= 11 is 7.45. The number of hydrogen-bond acceptors (Lipinski definition) is 4. The lowest BCUT2D eigenvalue weighted by atomic mass is 10.1. The number of carbonyl (C=O) groups is 1. The van der Waals surface area contributed by atoms with Crippen molar-refractivity contribution in [2.45, 2.75) is 11.3 Å². The zero-order chi connectivity index (χ0) is 16.7. The first-order chi connectivity index (χ1) is 11.0. The van der Waals surface area contributed by atoms with Gasteiger partial charge in [-0.25, -0.2) is 0 Å². The Labute approximate surface area is 143 Å². The Kier molecular flexibility index (Phi) is 6.43. The second-order valence-electron chi connectivity index (χ2n) is 4.75. The highest BCUT2D eigenvalue weighted by atomic mass is 35.5. The standard InChI is InChI=1S/C16H15ClN2O3S/c17-13-3-7-15(8-4-13)23-10-9-18-16(20)11-12-1-5-14(6-2-12)19(21)22/h1-8H,9-11H2,(H,18,20). The molecule has 0 radical (unpaired) electrons. The molecule has 0 aromatic heterocycles. The molecule has 0 heterocycles. The van der Waals surface area contributed by atoms with Crippen LogP contribution in [0.4, 0.5) is 5.69 Å². The number of nitro groups is 1. The van der Waals surface area contributed by atoms with E-state index in [4.69, 9.17) is 11.6 Å². The summed E-state index contributed by atoms with van der Waals surface area (Å²) < 4.78 is 0. The molecule has 1 amide bonds. The lowest BCUT2D eigenvalue weighted by molar-refractivity contribution is -0.384. The Morgan fingerprint density at radius 1 is 1.13 bits per heavy atom. The van der Waals surface area contributed by atoms with Crippen LogP contribution < -0.4 is 5.32 Å². The molecule has 2 aromatic rings. The van der Waals surface area contributed by atoms with E-state index in [1.807, 2.05) is 24.3 Å². The smallest absolute Gasteiger partial charge is 0.269 e. The van der Waals surface area contributed by atoms with E-state index in [1.165, 1.54) is 12.1 Å². The minimum Gasteiger partial charge on any atom is -0.355 e. The molecular formula is C16H15ClN2O3S. The molecule has 7 heteroatoms. The van der Waals surface area contributed by atoms with Gasteiger partial charge in [0.05, 0.1) is 11.3 Å². The molecular weight excluding hydrogens is 336 g/mol. The first-order valence-electron chi connectivity index (χ1n) is 6.93. The summed E-state index contributed by atoms with van der Waals surface area (Å²) in [5, 5.41) is 14.1. The van der Waals surface area contributed by atoms with E-state index < -0.39 is 4.92 Å². The van der Waals surface area contributed by atoms with Crippen molar-refractivity contribution >= 4 is 35.0 Å². The predicted octanol–water partition coefficient (Wildman–Crippen LogP) is 3.70. The van der Waals surface area contributed by atoms with Crippen LogP contribution in [0.3, 0.4) is 0 Å². The fraction of sp³-hybridized carbons (Fsp3) is 0.188. The number of thioether (sulfide) groups is 1. The van der Waals surface area contributed by atoms with Gasteiger partial charge in [-0.2, -0.15) is 0 Å². The normalized spacial score (nSPS) is 10.3. The zero-order valence-electron chi connectivity index (χ0n) is 12.2. The first-order valence-corrected chi connectivity index (χ1v) is 8.29. The minimum atomic E-state index is -0.460. The van der Waals surface area contributed by atoms with Gasteiger partial charge in [0.2, 0.25) is 5.91 Å². The molecule has 5 nitrogen and oxygen atoms in total. The second kappa shape index (κ2) is 8.55. The van der Waals surface area contributed by atoms with E-state index in [0.29, 0.717) is 11.6 Å². The molecule has 0 unspecified atom stereocenters. The first kappa shape index (κ1) is 17.3. The summed E-state index contributed by atoms with van der Waals surface area (Å²) in [6.45, 7) is 0.555. The van der Waals surface area contributed by atoms with Crippen LogP contribution in [0.25, 0.3) is 0 Å². The monoisotopic (exact) mass is 350 g/mol. The van der Waals surface area contributed by atoms with Crippen LogP contribution in [0.5, 0.6) is 0 Å². The fourth-order valence-electron chi connectivity index (χ4n) is 1.87. The SMILES string of the molecule is O=C(Cc1ccc([N+](=O)[O-])cc1)NCCSc1ccc(Cl)cc1. The number of nitrogens with zero attached hydrogens (tertiary/aromatic N) is 1. The van der Waals surface area contributed by atoms with Crippen molar-refractivity contribution in [1.29, 1.82) is 0 Å². The Hall–Kier alpha value is -2.05. The van der Waals surface area contributed by atoms with Crippen LogP contribution in [0.1, 0.15) is 5.56 Å². The minimum absolute atomic E-state index is 0.0218. The molecule has 1 N–H and O–H groups in total. The Bertz CT molecular complexity index is 675. The number of non-ortho nitro benzene ring substituents is 1. The summed E-state index contributed by atoms with van der Waals surface area (Å²) in [4.78, 5) is 23.0. The Morgan fingerprint density at radius 3 is 2.39 bits per heavy atom. The molecule has 0 aliphatic heterocycles. The van der Waals surface area contributed by atoms with Gasteiger partial charge < -0.3 is 5.32 Å². The van der Waals surface area contributed by atoms with Crippen molar-refractivity contribution in [3.63, 3.8) is 0 Å². The zero-order valence-corrected chi connectivity index (χ0v) is 13.8. The van der Waals surface area contributed by atoms with E-state index in [-0.39, 0.29) is 18.0 Å². The second-order valence-corrected chi connectivity index (χ2v) is 6.36. The maximum atomic E-state index is 11.8. The number of amides is 1. The third-order valence-electron chi connectivity index (χ3n) is 3.02. The molecule has 0 saturated heterocycles. The lowest BCUT2D eigenvalue weighted by Crippen LogP contribution is -2.27. The maximum absolute atomic E-state index is 11.8. The van der Waals surface area contributed by atoms with Crippen molar-refractivity contribution in [3.8, 4) is 0 Å². The Balaban J connectivity index is 1.70. The largest absolute Gasteiger partial charge is 0.355 e. The van der Waals surface area contributed by atoms with Crippen molar-refractivity contribution in [2.75, 3.05) is 12.3 Å². The van der Waals surface area contributed by atoms with Gasteiger partial charge in [-0.05, 0) is 29.8 Å². The quantitative estimate of drug-likeness (QED) is 0.357. The van der Waals surface area contributed by atoms with Gasteiger partial charge in [-0.1, -0.05) is 23.7 Å². The topological polar surface area (TPSA) is 72.2 Å². The van der Waals surface area contributed by atoms with E-state index >= 15 is 0 Å². The molecule has 0 bridgehead atoms. The van der Waals surface area contributed by atoms with Gasteiger partial charge >= 0.3 is 0 Å². The third kappa shape index (κ3) is 5.92. The van der Waals surface area contributed by atoms with Crippen LogP contribution in [-0.4, -0.2) is 23.1 Å². The number of halogens is 1. The van der Waals surface area contributed by atoms with Gasteiger partial charge in [0.25, 0.3) is 5.69 Å². The van der Waals surface area contributed by atoms with Gasteiger partial charge in [0.15, 0.2) is 0 Å². The summed E-state index contributed by atoms with van der Waals surface area (Å²) in [5.74, 6) is 0.656. The van der Waals surface area contributed by atoms with Crippen molar-refractivity contribution < 1.29 is 9.72 Å². The van der Waals surface area contributed by atoms with E-state index in [0.717, 1.165) is 16.2 Å². The highest BCUT2D eigenvalue weighted by Gasteiger charge is 2.07. The predicted molar refractivity (Wildman–Crippen MR) is 92.0 cm³/mol. The van der Waals surface area contributed by atoms with Gasteiger partial charge in [-0.15, -0.1) is 11.8 Å². The molecule has 23 heavy (non-hydrogen) atoms. The molecule has 0 aliphatic carbocycles. The van der Waals surface area contributed by atoms with Crippen LogP contribution >= 0.6 is 23.4 Å². The number of nitrogens with one attached hydrogen (secondary N) is 1. The summed E-state index contributed by atoms with van der Waals surface area (Å²) in [5.41, 5.74) is 0.770. The molecule has 2 rings (SSSR count).